The van der Waals surface area contributed by atoms with Crippen LogP contribution in [0.1, 0.15) is 19.3 Å². The van der Waals surface area contributed by atoms with Crippen LogP contribution in [0.5, 0.6) is 0 Å². The van der Waals surface area contributed by atoms with Gasteiger partial charge < -0.3 is 15.2 Å². The first kappa shape index (κ1) is 11.0. The first-order valence-corrected chi connectivity index (χ1v) is 4.88. The molecule has 3 nitrogen and oxygen atoms in total. The SMILES string of the molecule is [B][C@@H]1O[C@H](COC)C[C@@H]1CCCN. The largest absolute Gasteiger partial charge is 0.382 e. The highest BCUT2D eigenvalue weighted by atomic mass is 16.5. The van der Waals surface area contributed by atoms with E-state index in [4.69, 9.17) is 23.1 Å². The van der Waals surface area contributed by atoms with E-state index in [0.717, 1.165) is 25.8 Å². The van der Waals surface area contributed by atoms with Crippen molar-refractivity contribution >= 4 is 7.85 Å². The van der Waals surface area contributed by atoms with Gasteiger partial charge in [-0.05, 0) is 31.7 Å². The summed E-state index contributed by atoms with van der Waals surface area (Å²) >= 11 is 0. The minimum absolute atomic E-state index is 0.119. The maximum atomic E-state index is 5.82. The molecule has 2 N–H and O–H groups in total. The minimum Gasteiger partial charge on any atom is -0.382 e. The molecule has 13 heavy (non-hydrogen) atoms. The Morgan fingerprint density at radius 1 is 1.62 bits per heavy atom. The zero-order valence-electron chi connectivity index (χ0n) is 8.24. The summed E-state index contributed by atoms with van der Waals surface area (Å²) in [6.07, 6.45) is 3.29. The molecule has 1 rings (SSSR count). The molecule has 0 unspecified atom stereocenters. The van der Waals surface area contributed by atoms with E-state index in [-0.39, 0.29) is 12.1 Å². The maximum absolute atomic E-state index is 5.82. The van der Waals surface area contributed by atoms with Gasteiger partial charge in [0, 0.05) is 13.1 Å². The summed E-state index contributed by atoms with van der Waals surface area (Å²) in [5, 5.41) is 0. The number of hydrogen-bond acceptors (Lipinski definition) is 3. The van der Waals surface area contributed by atoms with Crippen LogP contribution in [0.15, 0.2) is 0 Å². The normalized spacial score (nSPS) is 33.8. The number of ether oxygens (including phenoxy) is 2. The van der Waals surface area contributed by atoms with Gasteiger partial charge in [0.2, 0.25) is 0 Å². The van der Waals surface area contributed by atoms with Gasteiger partial charge in [0.15, 0.2) is 0 Å². The Morgan fingerprint density at radius 3 is 3.00 bits per heavy atom. The molecule has 1 aliphatic rings. The van der Waals surface area contributed by atoms with Gasteiger partial charge in [-0.15, -0.1) is 0 Å². The molecule has 0 amide bonds. The van der Waals surface area contributed by atoms with Crippen molar-refractivity contribution in [2.75, 3.05) is 20.3 Å². The Morgan fingerprint density at radius 2 is 2.38 bits per heavy atom. The molecule has 1 aliphatic heterocycles. The molecule has 0 aromatic carbocycles. The number of rotatable bonds is 5. The summed E-state index contributed by atoms with van der Waals surface area (Å²) in [5.41, 5.74) is 5.44. The van der Waals surface area contributed by atoms with Crippen LogP contribution in [-0.4, -0.2) is 40.2 Å². The molecule has 2 radical (unpaired) electrons. The average Bonchev–Trinajstić information content (AvgIpc) is 2.44. The lowest BCUT2D eigenvalue weighted by atomic mass is 9.83. The average molecular weight is 183 g/mol. The molecule has 0 aromatic rings. The lowest BCUT2D eigenvalue weighted by Gasteiger charge is -2.12. The Bertz CT molecular complexity index is 146. The first-order chi connectivity index (χ1) is 6.27. The molecule has 4 heteroatoms. The van der Waals surface area contributed by atoms with Crippen molar-refractivity contribution in [2.45, 2.75) is 31.4 Å². The second-order valence-electron chi connectivity index (χ2n) is 3.60. The van der Waals surface area contributed by atoms with Crippen LogP contribution in [0, 0.1) is 5.92 Å². The summed E-state index contributed by atoms with van der Waals surface area (Å²) < 4.78 is 10.5. The summed E-state index contributed by atoms with van der Waals surface area (Å²) in [7, 11) is 7.50. The predicted octanol–water partition coefficient (Wildman–Crippen LogP) is 0.271. The summed E-state index contributed by atoms with van der Waals surface area (Å²) in [4.78, 5) is 0. The van der Waals surface area contributed by atoms with Crippen molar-refractivity contribution in [3.05, 3.63) is 0 Å². The fourth-order valence-electron chi connectivity index (χ4n) is 1.82. The number of methoxy groups -OCH3 is 1. The zero-order valence-corrected chi connectivity index (χ0v) is 8.24. The number of nitrogens with two attached hydrogens (primary N) is 1. The van der Waals surface area contributed by atoms with Gasteiger partial charge in [0.1, 0.15) is 7.85 Å². The third kappa shape index (κ3) is 3.29. The predicted molar refractivity (Wildman–Crippen MR) is 52.7 cm³/mol. The van der Waals surface area contributed by atoms with Crippen molar-refractivity contribution in [1.82, 2.24) is 0 Å². The zero-order chi connectivity index (χ0) is 9.68. The molecule has 1 heterocycles. The Balaban J connectivity index is 2.24. The summed E-state index contributed by atoms with van der Waals surface area (Å²) in [6, 6.07) is -0.119. The van der Waals surface area contributed by atoms with Crippen molar-refractivity contribution in [3.8, 4) is 0 Å². The van der Waals surface area contributed by atoms with E-state index in [1.807, 2.05) is 0 Å². The highest BCUT2D eigenvalue weighted by Gasteiger charge is 2.30. The lowest BCUT2D eigenvalue weighted by Crippen LogP contribution is -2.18. The van der Waals surface area contributed by atoms with Crippen LogP contribution in [0.2, 0.25) is 0 Å². The van der Waals surface area contributed by atoms with E-state index in [9.17, 15) is 0 Å². The fraction of sp³-hybridized carbons (Fsp3) is 1.00. The highest BCUT2D eigenvalue weighted by molar-refractivity contribution is 6.11. The van der Waals surface area contributed by atoms with Gasteiger partial charge in [0.25, 0.3) is 0 Å². The van der Waals surface area contributed by atoms with Crippen molar-refractivity contribution < 1.29 is 9.47 Å². The van der Waals surface area contributed by atoms with Crippen LogP contribution >= 0.6 is 0 Å². The molecule has 1 fully saturated rings. The third-order valence-electron chi connectivity index (χ3n) is 2.51. The summed E-state index contributed by atoms with van der Waals surface area (Å²) in [5.74, 6) is 0.462. The number of hydrogen-bond donors (Lipinski definition) is 1. The molecule has 0 bridgehead atoms. The molecular weight excluding hydrogens is 165 g/mol. The lowest BCUT2D eigenvalue weighted by molar-refractivity contribution is 0.0225. The Kier molecular flexibility index (Phi) is 4.77. The monoisotopic (exact) mass is 183 g/mol. The van der Waals surface area contributed by atoms with Crippen molar-refractivity contribution in [2.24, 2.45) is 11.7 Å². The second-order valence-corrected chi connectivity index (χ2v) is 3.60. The highest BCUT2D eigenvalue weighted by Crippen LogP contribution is 2.28. The van der Waals surface area contributed by atoms with Gasteiger partial charge in [-0.2, -0.15) is 0 Å². The Hall–Kier alpha value is -0.0551. The maximum Gasteiger partial charge on any atom is 0.109 e. The van der Waals surface area contributed by atoms with Crippen LogP contribution in [0.4, 0.5) is 0 Å². The third-order valence-corrected chi connectivity index (χ3v) is 2.51. The van der Waals surface area contributed by atoms with E-state index in [1.54, 1.807) is 7.11 Å². The van der Waals surface area contributed by atoms with E-state index in [2.05, 4.69) is 0 Å². The molecule has 0 aliphatic carbocycles. The van der Waals surface area contributed by atoms with E-state index < -0.39 is 0 Å². The Labute approximate surface area is 81.4 Å². The fourth-order valence-corrected chi connectivity index (χ4v) is 1.82. The molecule has 74 valence electrons. The van der Waals surface area contributed by atoms with E-state index >= 15 is 0 Å². The molecule has 3 atom stereocenters. The van der Waals surface area contributed by atoms with Crippen LogP contribution in [0.3, 0.4) is 0 Å². The molecule has 0 aromatic heterocycles. The quantitative estimate of drug-likeness (QED) is 0.622. The van der Waals surface area contributed by atoms with Crippen molar-refractivity contribution in [3.63, 3.8) is 0 Å². The van der Waals surface area contributed by atoms with Gasteiger partial charge in [-0.3, -0.25) is 0 Å². The van der Waals surface area contributed by atoms with E-state index in [0.29, 0.717) is 12.5 Å². The molecule has 1 saturated heterocycles. The van der Waals surface area contributed by atoms with Crippen LogP contribution < -0.4 is 5.73 Å². The minimum atomic E-state index is -0.119. The van der Waals surface area contributed by atoms with Crippen molar-refractivity contribution in [1.29, 1.82) is 0 Å². The smallest absolute Gasteiger partial charge is 0.109 e. The van der Waals surface area contributed by atoms with Gasteiger partial charge in [-0.1, -0.05) is 0 Å². The second kappa shape index (κ2) is 5.63. The molecule has 0 saturated carbocycles. The topological polar surface area (TPSA) is 44.5 Å². The summed E-state index contributed by atoms with van der Waals surface area (Å²) in [6.45, 7) is 1.38. The van der Waals surface area contributed by atoms with Crippen LogP contribution in [-0.2, 0) is 9.47 Å². The van der Waals surface area contributed by atoms with Gasteiger partial charge >= 0.3 is 0 Å². The van der Waals surface area contributed by atoms with Crippen LogP contribution in [0.25, 0.3) is 0 Å². The van der Waals surface area contributed by atoms with Gasteiger partial charge in [0.05, 0.1) is 12.7 Å². The van der Waals surface area contributed by atoms with E-state index in [1.165, 1.54) is 0 Å². The molecular formula is C9H18BNO2. The van der Waals surface area contributed by atoms with Gasteiger partial charge in [-0.25, -0.2) is 0 Å². The molecule has 0 spiro atoms. The first-order valence-electron chi connectivity index (χ1n) is 4.88. The standard InChI is InChI=1S/C9H18BNO2/c1-12-6-8-5-7(3-2-4-11)9(10)13-8/h7-9H,2-6,11H2,1H3/t7-,8-,9+/m0/s1.